The van der Waals surface area contributed by atoms with E-state index in [2.05, 4.69) is 39.8 Å². The van der Waals surface area contributed by atoms with Crippen molar-refractivity contribution in [3.8, 4) is 0 Å². The molecule has 6 saturated carbocycles. The molecule has 71 heavy (non-hydrogen) atoms. The van der Waals surface area contributed by atoms with Gasteiger partial charge in [0.15, 0.2) is 0 Å². The van der Waals surface area contributed by atoms with Crippen molar-refractivity contribution in [2.45, 2.75) is 228 Å². The van der Waals surface area contributed by atoms with E-state index >= 15 is 0 Å². The molecular weight excluding hydrogens is 880 g/mol. The summed E-state index contributed by atoms with van der Waals surface area (Å²) in [5, 5.41) is 31.8. The molecule has 8 aliphatic carbocycles. The van der Waals surface area contributed by atoms with Crippen LogP contribution in [0.4, 0.5) is 0 Å². The van der Waals surface area contributed by atoms with E-state index in [-0.39, 0.29) is 57.9 Å². The molecule has 16 atom stereocenters. The van der Waals surface area contributed by atoms with Crippen LogP contribution in [0.1, 0.15) is 212 Å². The van der Waals surface area contributed by atoms with Crippen molar-refractivity contribution in [2.24, 2.45) is 80.8 Å². The summed E-state index contributed by atoms with van der Waals surface area (Å²) in [6.07, 6.45) is 29.6. The van der Waals surface area contributed by atoms with Crippen LogP contribution in [-0.4, -0.2) is 85.8 Å². The van der Waals surface area contributed by atoms with Gasteiger partial charge in [-0.2, -0.15) is 0 Å². The molecule has 0 spiro atoms. The van der Waals surface area contributed by atoms with Gasteiger partial charge in [0.05, 0.1) is 37.1 Å². The van der Waals surface area contributed by atoms with Gasteiger partial charge in [0, 0.05) is 44.7 Å². The summed E-state index contributed by atoms with van der Waals surface area (Å²) in [6.45, 7) is 21.5. The van der Waals surface area contributed by atoms with Crippen LogP contribution >= 0.6 is 0 Å². The molecule has 9 aliphatic rings. The summed E-state index contributed by atoms with van der Waals surface area (Å²) in [4.78, 5) is 11.7. The average Bonchev–Trinajstić information content (AvgIpc) is 4.05. The third kappa shape index (κ3) is 13.4. The number of allylic oxidation sites excluding steroid dienone is 2. The van der Waals surface area contributed by atoms with Crippen molar-refractivity contribution in [1.29, 1.82) is 0 Å². The average molecular weight is 992 g/mol. The van der Waals surface area contributed by atoms with Gasteiger partial charge in [0.1, 0.15) is 0 Å². The SMILES string of the molecule is C.C.C1CCOC1.COC[C@]12CC[C@](C)(O)CC1=CC[C@@H]1[C@@H]2CC[C@]2(C)[C@@H]([C@H](C)CCC(=O)OC)CC[C@@H]12.COC[C@]12CC[C@](C)(O)CC1=CC[C@@H]1[C@@H]2CC[C@]2(C)[C@@H]([C@H](C)CCC(C)(C)O)CC[C@@H]12.[CH3-].[Li+]. The molecule has 0 aromatic carbocycles. The Bertz CT molecular complexity index is 1720. The largest absolute Gasteiger partial charge is 1.00 e. The Morgan fingerprint density at radius 2 is 1.10 bits per heavy atom. The predicted octanol–water partition coefficient (Wildman–Crippen LogP) is 11.2. The zero-order chi connectivity index (χ0) is 48.6. The van der Waals surface area contributed by atoms with Gasteiger partial charge in [0.2, 0.25) is 0 Å². The van der Waals surface area contributed by atoms with Crippen LogP contribution < -0.4 is 18.9 Å². The number of carbonyl (C=O) groups is 1. The van der Waals surface area contributed by atoms with Gasteiger partial charge in [0.25, 0.3) is 0 Å². The molecule has 7 fully saturated rings. The number of fused-ring (bicyclic) bond motifs is 10. The van der Waals surface area contributed by atoms with Crippen LogP contribution in [0.5, 0.6) is 0 Å². The van der Waals surface area contributed by atoms with E-state index in [0.29, 0.717) is 46.8 Å². The summed E-state index contributed by atoms with van der Waals surface area (Å²) >= 11 is 0. The maximum absolute atomic E-state index is 11.7. The van der Waals surface area contributed by atoms with Crippen LogP contribution in [0.15, 0.2) is 23.3 Å². The molecular formula is C62H111LiO8. The van der Waals surface area contributed by atoms with Crippen LogP contribution in [0.2, 0.25) is 0 Å². The number of rotatable bonds is 12. The zero-order valence-electron chi connectivity index (χ0n) is 46.7. The summed E-state index contributed by atoms with van der Waals surface area (Å²) < 4.78 is 21.6. The summed E-state index contributed by atoms with van der Waals surface area (Å²) in [5.74, 6) is 7.16. The van der Waals surface area contributed by atoms with E-state index in [0.717, 1.165) is 114 Å². The number of aliphatic hydroxyl groups is 3. The van der Waals surface area contributed by atoms with Crippen LogP contribution in [0.3, 0.4) is 0 Å². The Kier molecular flexibility index (Phi) is 23.3. The molecule has 1 saturated heterocycles. The number of hydrogen-bond acceptors (Lipinski definition) is 8. The molecule has 1 aliphatic heterocycles. The Balaban J connectivity index is 0.000000324. The van der Waals surface area contributed by atoms with Gasteiger partial charge in [-0.1, -0.05) is 65.8 Å². The monoisotopic (exact) mass is 991 g/mol. The molecule has 1 heterocycles. The summed E-state index contributed by atoms with van der Waals surface area (Å²) in [5.41, 5.74) is 2.45. The number of ether oxygens (including phenoxy) is 4. The van der Waals surface area contributed by atoms with Crippen molar-refractivity contribution in [3.63, 3.8) is 0 Å². The van der Waals surface area contributed by atoms with Crippen molar-refractivity contribution in [3.05, 3.63) is 30.7 Å². The van der Waals surface area contributed by atoms with E-state index in [1.165, 1.54) is 95.3 Å². The minimum Gasteiger partial charge on any atom is -0.469 e. The van der Waals surface area contributed by atoms with Crippen LogP contribution in [0.25, 0.3) is 0 Å². The fraction of sp³-hybridized carbons (Fsp3) is 0.903. The molecule has 0 aromatic heterocycles. The van der Waals surface area contributed by atoms with Gasteiger partial charge in [-0.05, 0) is 233 Å². The van der Waals surface area contributed by atoms with E-state index < -0.39 is 16.8 Å². The molecule has 3 N–H and O–H groups in total. The second-order valence-electron chi connectivity index (χ2n) is 26.4. The van der Waals surface area contributed by atoms with E-state index in [9.17, 15) is 20.1 Å². The minimum atomic E-state index is -0.563. The van der Waals surface area contributed by atoms with Crippen molar-refractivity contribution < 1.29 is 57.9 Å². The Morgan fingerprint density at radius 1 is 0.676 bits per heavy atom. The second kappa shape index (κ2) is 25.6. The Hall–Kier alpha value is -0.693. The van der Waals surface area contributed by atoms with Gasteiger partial charge < -0.3 is 41.7 Å². The smallest absolute Gasteiger partial charge is 0.469 e. The molecule has 8 nitrogen and oxygen atoms in total. The van der Waals surface area contributed by atoms with Crippen molar-refractivity contribution in [1.82, 2.24) is 0 Å². The minimum absolute atomic E-state index is 0. The summed E-state index contributed by atoms with van der Waals surface area (Å²) in [7, 11) is 5.21. The third-order valence-corrected chi connectivity index (χ3v) is 21.6. The van der Waals surface area contributed by atoms with Gasteiger partial charge in [-0.25, -0.2) is 0 Å². The molecule has 0 bridgehead atoms. The van der Waals surface area contributed by atoms with Gasteiger partial charge in [-0.3, -0.25) is 4.79 Å². The first-order valence-corrected chi connectivity index (χ1v) is 27.8. The molecule has 0 radical (unpaired) electrons. The molecule has 0 unspecified atom stereocenters. The first-order valence-electron chi connectivity index (χ1n) is 27.8. The number of carbonyl (C=O) groups excluding carboxylic acids is 1. The Labute approximate surface area is 449 Å². The predicted molar refractivity (Wildman–Crippen MR) is 289 cm³/mol. The van der Waals surface area contributed by atoms with Crippen LogP contribution in [-0.2, 0) is 23.7 Å². The molecule has 0 aromatic rings. The van der Waals surface area contributed by atoms with Gasteiger partial charge in [-0.15, -0.1) is 0 Å². The van der Waals surface area contributed by atoms with Crippen molar-refractivity contribution in [2.75, 3.05) is 47.8 Å². The molecule has 9 rings (SSSR count). The van der Waals surface area contributed by atoms with Crippen LogP contribution in [0, 0.1) is 88.3 Å². The van der Waals surface area contributed by atoms with Gasteiger partial charge >= 0.3 is 24.8 Å². The summed E-state index contributed by atoms with van der Waals surface area (Å²) in [6, 6.07) is 0. The first kappa shape index (κ1) is 64.6. The second-order valence-corrected chi connectivity index (χ2v) is 26.4. The quantitative estimate of drug-likeness (QED) is 0.0767. The topological polar surface area (TPSA) is 115 Å². The molecule has 0 amide bonds. The number of hydrogen-bond donors (Lipinski definition) is 3. The first-order chi connectivity index (χ1) is 31.6. The Morgan fingerprint density at radius 3 is 1.46 bits per heavy atom. The fourth-order valence-corrected chi connectivity index (χ4v) is 18.2. The molecule has 9 heteroatoms. The zero-order valence-corrected chi connectivity index (χ0v) is 46.7. The van der Waals surface area contributed by atoms with Crippen molar-refractivity contribution >= 4 is 5.97 Å². The molecule has 408 valence electrons. The van der Waals surface area contributed by atoms with E-state index in [1.54, 1.807) is 0 Å². The maximum Gasteiger partial charge on any atom is 1.00 e. The third-order valence-electron chi connectivity index (χ3n) is 21.6. The fourth-order valence-electron chi connectivity index (χ4n) is 18.2. The van der Waals surface area contributed by atoms with E-state index in [1.807, 2.05) is 41.9 Å². The number of esters is 1. The normalized spacial score (nSPS) is 41.5. The maximum atomic E-state index is 11.7. The number of methoxy groups -OCH3 is 3. The standard InChI is InChI=1S/C28H48O3.C27H44O4.C4H8O.2CH4.CH3.Li/c1-19(11-13-25(2,3)29)22-9-10-23-21-8-7-20-17-26(4,30)15-16-28(20,18-31-6)24(21)12-14-27(22,23)5;1-18(6-11-24(28)31-5)21-9-10-22-20-8-7-19-16-25(2,29)14-15-27(19,17-30-4)23(20)12-13-26(21,22)3;1-2-4-5-3-1;;;;/h7,19,21-24,29-30H,8-18H2,1-6H3;7,18,20-23,29H,6,8-17H2,1-5H3;1-4H2;2*1H4;1H3;/q;;;;;-1;+1/t19-,21+,22-,23+,24+,26+,27-,28-;18-,20+,21-,22+,23+,25+,26-,27-;;;;;/m11...../s1. The van der Waals surface area contributed by atoms with E-state index in [4.69, 9.17) is 18.9 Å².